The number of nitrogens with zero attached hydrogens (tertiary/aromatic N) is 2. The summed E-state index contributed by atoms with van der Waals surface area (Å²) in [6.07, 6.45) is 1.50. The van der Waals surface area contributed by atoms with Crippen molar-refractivity contribution in [2.75, 3.05) is 0 Å². The lowest BCUT2D eigenvalue weighted by molar-refractivity contribution is 0.0997. The van der Waals surface area contributed by atoms with Crippen LogP contribution in [0.5, 0.6) is 0 Å². The first-order chi connectivity index (χ1) is 9.90. The standard InChI is InChI=1S/C15H14ClN3O2/c1-9-6-10(2)19(15(21)13(9)14(17)20)18-8-11-4-3-5-12(16)7-11/h3-8H,1-2H3,(H2,17,20)/b18-8-. The molecule has 0 fully saturated rings. The zero-order valence-corrected chi connectivity index (χ0v) is 12.4. The van der Waals surface area contributed by atoms with Crippen molar-refractivity contribution in [3.8, 4) is 0 Å². The molecule has 2 N–H and O–H groups in total. The fraction of sp³-hybridized carbons (Fsp3) is 0.133. The van der Waals surface area contributed by atoms with Crippen LogP contribution < -0.4 is 11.3 Å². The summed E-state index contributed by atoms with van der Waals surface area (Å²) in [6, 6.07) is 8.74. The van der Waals surface area contributed by atoms with Crippen molar-refractivity contribution >= 4 is 23.7 Å². The van der Waals surface area contributed by atoms with Crippen LogP contribution in [-0.2, 0) is 0 Å². The molecule has 0 aliphatic carbocycles. The van der Waals surface area contributed by atoms with Crippen LogP contribution in [0, 0.1) is 13.8 Å². The summed E-state index contributed by atoms with van der Waals surface area (Å²) >= 11 is 5.89. The maximum Gasteiger partial charge on any atom is 0.284 e. The minimum absolute atomic E-state index is 0.0520. The number of halogens is 1. The lowest BCUT2D eigenvalue weighted by atomic mass is 10.1. The van der Waals surface area contributed by atoms with Crippen molar-refractivity contribution < 1.29 is 4.79 Å². The molecule has 0 saturated carbocycles. The Morgan fingerprint density at radius 3 is 2.67 bits per heavy atom. The number of carbonyl (C=O) groups excluding carboxylic acids is 1. The number of benzene rings is 1. The molecule has 0 radical (unpaired) electrons. The minimum atomic E-state index is -0.760. The molecule has 5 nitrogen and oxygen atoms in total. The van der Waals surface area contributed by atoms with Gasteiger partial charge in [0, 0.05) is 10.7 Å². The van der Waals surface area contributed by atoms with Crippen molar-refractivity contribution in [1.82, 2.24) is 4.68 Å². The summed E-state index contributed by atoms with van der Waals surface area (Å²) in [5.74, 6) is -0.760. The number of carbonyl (C=O) groups is 1. The SMILES string of the molecule is Cc1cc(C)n(/N=C\c2cccc(Cl)c2)c(=O)c1C(N)=O. The molecule has 1 aromatic heterocycles. The Morgan fingerprint density at radius 1 is 1.33 bits per heavy atom. The molecule has 1 aromatic carbocycles. The first-order valence-corrected chi connectivity index (χ1v) is 6.61. The fourth-order valence-corrected chi connectivity index (χ4v) is 2.23. The van der Waals surface area contributed by atoms with Gasteiger partial charge >= 0.3 is 0 Å². The van der Waals surface area contributed by atoms with E-state index in [-0.39, 0.29) is 5.56 Å². The van der Waals surface area contributed by atoms with Gasteiger partial charge in [0.1, 0.15) is 5.56 Å². The minimum Gasteiger partial charge on any atom is -0.365 e. The number of aryl methyl sites for hydroxylation is 2. The maximum atomic E-state index is 12.3. The highest BCUT2D eigenvalue weighted by Gasteiger charge is 2.14. The Kier molecular flexibility index (Phi) is 4.23. The summed E-state index contributed by atoms with van der Waals surface area (Å²) in [7, 11) is 0. The predicted octanol–water partition coefficient (Wildman–Crippen LogP) is 2.10. The van der Waals surface area contributed by atoms with E-state index in [0.717, 1.165) is 10.2 Å². The van der Waals surface area contributed by atoms with Gasteiger partial charge in [-0.25, -0.2) is 4.68 Å². The molecule has 6 heteroatoms. The maximum absolute atomic E-state index is 12.3. The Labute approximate surface area is 126 Å². The number of primary amides is 1. The second-order valence-corrected chi connectivity index (χ2v) is 5.06. The third kappa shape index (κ3) is 3.20. The largest absolute Gasteiger partial charge is 0.365 e. The topological polar surface area (TPSA) is 77.4 Å². The Bertz CT molecular complexity index is 794. The quantitative estimate of drug-likeness (QED) is 0.881. The van der Waals surface area contributed by atoms with Crippen LogP contribution in [0.3, 0.4) is 0 Å². The molecule has 1 amide bonds. The van der Waals surface area contributed by atoms with Crippen molar-refractivity contribution in [2.45, 2.75) is 13.8 Å². The van der Waals surface area contributed by atoms with Gasteiger partial charge in [0.15, 0.2) is 0 Å². The molecule has 0 saturated heterocycles. The van der Waals surface area contributed by atoms with Gasteiger partial charge < -0.3 is 5.73 Å². The van der Waals surface area contributed by atoms with E-state index in [1.807, 2.05) is 0 Å². The zero-order valence-electron chi connectivity index (χ0n) is 11.6. The monoisotopic (exact) mass is 303 g/mol. The average Bonchev–Trinajstić information content (AvgIpc) is 2.37. The van der Waals surface area contributed by atoms with Crippen LogP contribution in [-0.4, -0.2) is 16.8 Å². The molecule has 0 bridgehead atoms. The van der Waals surface area contributed by atoms with Gasteiger partial charge in [-0.3, -0.25) is 9.59 Å². The van der Waals surface area contributed by atoms with Gasteiger partial charge in [-0.05, 0) is 43.2 Å². The number of nitrogens with two attached hydrogens (primary N) is 1. The number of amides is 1. The van der Waals surface area contributed by atoms with E-state index in [0.29, 0.717) is 16.3 Å². The summed E-state index contributed by atoms with van der Waals surface area (Å²) in [4.78, 5) is 23.6. The molecular formula is C15H14ClN3O2. The molecule has 21 heavy (non-hydrogen) atoms. The van der Waals surface area contributed by atoms with Gasteiger partial charge in [0.05, 0.1) is 6.21 Å². The summed E-state index contributed by atoms with van der Waals surface area (Å²) in [6.45, 7) is 3.40. The Hall–Kier alpha value is -2.40. The van der Waals surface area contributed by atoms with Crippen LogP contribution in [0.15, 0.2) is 40.2 Å². The van der Waals surface area contributed by atoms with Gasteiger partial charge in [-0.1, -0.05) is 23.7 Å². The molecule has 1 heterocycles. The summed E-state index contributed by atoms with van der Waals surface area (Å²) < 4.78 is 1.15. The third-order valence-electron chi connectivity index (χ3n) is 2.98. The lowest BCUT2D eigenvalue weighted by Crippen LogP contribution is -2.30. The predicted molar refractivity (Wildman–Crippen MR) is 83.1 cm³/mol. The molecule has 0 spiro atoms. The van der Waals surface area contributed by atoms with Crippen molar-refractivity contribution in [2.24, 2.45) is 10.8 Å². The van der Waals surface area contributed by atoms with E-state index in [1.54, 1.807) is 44.2 Å². The van der Waals surface area contributed by atoms with E-state index in [2.05, 4.69) is 5.10 Å². The van der Waals surface area contributed by atoms with E-state index in [9.17, 15) is 9.59 Å². The number of hydrogen-bond donors (Lipinski definition) is 1. The van der Waals surface area contributed by atoms with Crippen LogP contribution in [0.2, 0.25) is 5.02 Å². The van der Waals surface area contributed by atoms with Crippen LogP contribution in [0.25, 0.3) is 0 Å². The average molecular weight is 304 g/mol. The van der Waals surface area contributed by atoms with Gasteiger partial charge in [-0.15, -0.1) is 0 Å². The first-order valence-electron chi connectivity index (χ1n) is 6.23. The second kappa shape index (κ2) is 5.93. The Morgan fingerprint density at radius 2 is 2.05 bits per heavy atom. The first kappa shape index (κ1) is 15.0. The highest BCUT2D eigenvalue weighted by Crippen LogP contribution is 2.09. The van der Waals surface area contributed by atoms with E-state index in [4.69, 9.17) is 17.3 Å². The third-order valence-corrected chi connectivity index (χ3v) is 3.21. The van der Waals surface area contributed by atoms with Crippen LogP contribution >= 0.6 is 11.6 Å². The van der Waals surface area contributed by atoms with Crippen LogP contribution in [0.1, 0.15) is 27.2 Å². The number of aromatic nitrogens is 1. The molecule has 0 aliphatic rings. The van der Waals surface area contributed by atoms with E-state index < -0.39 is 11.5 Å². The normalized spacial score (nSPS) is 11.0. The van der Waals surface area contributed by atoms with Crippen LogP contribution in [0.4, 0.5) is 0 Å². The van der Waals surface area contributed by atoms with E-state index >= 15 is 0 Å². The number of rotatable bonds is 3. The van der Waals surface area contributed by atoms with Crippen molar-refractivity contribution in [3.05, 3.63) is 68.1 Å². The van der Waals surface area contributed by atoms with Gasteiger partial charge in [-0.2, -0.15) is 5.10 Å². The Balaban J connectivity index is 2.52. The molecule has 0 atom stereocenters. The summed E-state index contributed by atoms with van der Waals surface area (Å²) in [5, 5.41) is 4.69. The number of pyridine rings is 1. The smallest absolute Gasteiger partial charge is 0.284 e. The molecule has 0 aliphatic heterocycles. The molecule has 2 rings (SSSR count). The van der Waals surface area contributed by atoms with E-state index in [1.165, 1.54) is 6.21 Å². The van der Waals surface area contributed by atoms with Gasteiger partial charge in [0.25, 0.3) is 11.5 Å². The highest BCUT2D eigenvalue weighted by molar-refractivity contribution is 6.30. The second-order valence-electron chi connectivity index (χ2n) is 4.62. The summed E-state index contributed by atoms with van der Waals surface area (Å²) in [5.41, 5.74) is 6.56. The van der Waals surface area contributed by atoms with Gasteiger partial charge in [0.2, 0.25) is 0 Å². The molecular weight excluding hydrogens is 290 g/mol. The molecule has 2 aromatic rings. The van der Waals surface area contributed by atoms with Crippen molar-refractivity contribution in [1.29, 1.82) is 0 Å². The highest BCUT2D eigenvalue weighted by atomic mass is 35.5. The molecule has 108 valence electrons. The fourth-order valence-electron chi connectivity index (χ4n) is 2.04. The lowest BCUT2D eigenvalue weighted by Gasteiger charge is -2.08. The zero-order chi connectivity index (χ0) is 15.6. The number of hydrogen-bond acceptors (Lipinski definition) is 3. The molecule has 0 unspecified atom stereocenters. The van der Waals surface area contributed by atoms with Crippen molar-refractivity contribution in [3.63, 3.8) is 0 Å².